The molecule has 1 fully saturated rings. The number of rotatable bonds is 7. The molecular weight excluding hydrogens is 252 g/mol. The SMILES string of the molecule is CCC(C)(OC)C(=O)Nc1cccc(CNC2CC2)c1. The summed E-state index contributed by atoms with van der Waals surface area (Å²) < 4.78 is 5.31. The predicted molar refractivity (Wildman–Crippen MR) is 80.6 cm³/mol. The normalized spacial score (nSPS) is 17.6. The van der Waals surface area contributed by atoms with Gasteiger partial charge in [0, 0.05) is 25.4 Å². The van der Waals surface area contributed by atoms with Crippen LogP contribution >= 0.6 is 0 Å². The molecule has 1 aliphatic rings. The Bertz CT molecular complexity index is 465. The zero-order valence-electron chi connectivity index (χ0n) is 12.5. The topological polar surface area (TPSA) is 50.4 Å². The van der Waals surface area contributed by atoms with Gasteiger partial charge in [-0.2, -0.15) is 0 Å². The molecule has 0 spiro atoms. The van der Waals surface area contributed by atoms with E-state index >= 15 is 0 Å². The van der Waals surface area contributed by atoms with Gasteiger partial charge in [0.15, 0.2) is 0 Å². The average Bonchev–Trinajstić information content (AvgIpc) is 3.29. The third-order valence-electron chi connectivity index (χ3n) is 3.96. The van der Waals surface area contributed by atoms with Crippen molar-refractivity contribution < 1.29 is 9.53 Å². The number of carbonyl (C=O) groups excluding carboxylic acids is 1. The monoisotopic (exact) mass is 276 g/mol. The molecular formula is C16H24N2O2. The summed E-state index contributed by atoms with van der Waals surface area (Å²) in [7, 11) is 1.57. The van der Waals surface area contributed by atoms with E-state index in [4.69, 9.17) is 4.74 Å². The van der Waals surface area contributed by atoms with Gasteiger partial charge in [0.2, 0.25) is 0 Å². The Balaban J connectivity index is 1.97. The van der Waals surface area contributed by atoms with Gasteiger partial charge in [-0.15, -0.1) is 0 Å². The van der Waals surface area contributed by atoms with Crippen LogP contribution in [0.3, 0.4) is 0 Å². The van der Waals surface area contributed by atoms with Crippen LogP contribution in [0.1, 0.15) is 38.7 Å². The summed E-state index contributed by atoms with van der Waals surface area (Å²) in [4.78, 5) is 12.2. The highest BCUT2D eigenvalue weighted by Crippen LogP contribution is 2.21. The highest BCUT2D eigenvalue weighted by Gasteiger charge is 2.30. The zero-order valence-corrected chi connectivity index (χ0v) is 12.5. The molecule has 20 heavy (non-hydrogen) atoms. The molecule has 0 heterocycles. The molecule has 1 atom stereocenters. The molecule has 0 saturated heterocycles. The summed E-state index contributed by atoms with van der Waals surface area (Å²) in [6.45, 7) is 4.60. The smallest absolute Gasteiger partial charge is 0.256 e. The molecule has 4 nitrogen and oxygen atoms in total. The van der Waals surface area contributed by atoms with Crippen LogP contribution in [-0.2, 0) is 16.1 Å². The Kier molecular flexibility index (Phi) is 4.78. The van der Waals surface area contributed by atoms with E-state index in [1.165, 1.54) is 18.4 Å². The molecule has 1 unspecified atom stereocenters. The van der Waals surface area contributed by atoms with Crippen LogP contribution in [0.15, 0.2) is 24.3 Å². The first-order valence-corrected chi connectivity index (χ1v) is 7.26. The van der Waals surface area contributed by atoms with E-state index in [0.717, 1.165) is 12.2 Å². The van der Waals surface area contributed by atoms with E-state index in [1.807, 2.05) is 25.1 Å². The van der Waals surface area contributed by atoms with Gasteiger partial charge < -0.3 is 15.4 Å². The van der Waals surface area contributed by atoms with Crippen LogP contribution in [0, 0.1) is 0 Å². The first-order valence-electron chi connectivity index (χ1n) is 7.26. The molecule has 110 valence electrons. The molecule has 0 radical (unpaired) electrons. The van der Waals surface area contributed by atoms with Gasteiger partial charge in [-0.05, 0) is 43.9 Å². The standard InChI is InChI=1S/C16H24N2O2/c1-4-16(2,20-3)15(19)18-14-7-5-6-12(10-14)11-17-13-8-9-13/h5-7,10,13,17H,4,8-9,11H2,1-3H3,(H,18,19). The predicted octanol–water partition coefficient (Wildman–Crippen LogP) is 2.69. The fourth-order valence-electron chi connectivity index (χ4n) is 1.97. The number of hydrogen-bond acceptors (Lipinski definition) is 3. The lowest BCUT2D eigenvalue weighted by atomic mass is 10.0. The minimum absolute atomic E-state index is 0.102. The van der Waals surface area contributed by atoms with E-state index in [1.54, 1.807) is 14.0 Å². The van der Waals surface area contributed by atoms with E-state index < -0.39 is 5.60 Å². The zero-order chi connectivity index (χ0) is 14.6. The Morgan fingerprint density at radius 2 is 2.20 bits per heavy atom. The third-order valence-corrected chi connectivity index (χ3v) is 3.96. The highest BCUT2D eigenvalue weighted by atomic mass is 16.5. The first kappa shape index (κ1) is 15.0. The summed E-state index contributed by atoms with van der Waals surface area (Å²) in [6, 6.07) is 8.64. The van der Waals surface area contributed by atoms with Crippen LogP contribution in [0.25, 0.3) is 0 Å². The van der Waals surface area contributed by atoms with Crippen LogP contribution in [0.5, 0.6) is 0 Å². The molecule has 0 aromatic heterocycles. The number of hydrogen-bond donors (Lipinski definition) is 2. The van der Waals surface area contributed by atoms with Gasteiger partial charge in [0.1, 0.15) is 5.60 Å². The van der Waals surface area contributed by atoms with E-state index in [9.17, 15) is 4.79 Å². The summed E-state index contributed by atoms with van der Waals surface area (Å²) in [5.74, 6) is -0.102. The first-order chi connectivity index (χ1) is 9.57. The lowest BCUT2D eigenvalue weighted by Crippen LogP contribution is -2.41. The van der Waals surface area contributed by atoms with Gasteiger partial charge in [0.05, 0.1) is 0 Å². The molecule has 1 saturated carbocycles. The molecule has 1 aromatic rings. The minimum atomic E-state index is -0.776. The Labute approximate surface area is 120 Å². The van der Waals surface area contributed by atoms with E-state index in [0.29, 0.717) is 12.5 Å². The molecule has 4 heteroatoms. The van der Waals surface area contributed by atoms with Crippen molar-refractivity contribution in [3.05, 3.63) is 29.8 Å². The van der Waals surface area contributed by atoms with Gasteiger partial charge >= 0.3 is 0 Å². The van der Waals surface area contributed by atoms with Crippen molar-refractivity contribution in [2.24, 2.45) is 0 Å². The lowest BCUT2D eigenvalue weighted by Gasteiger charge is -2.25. The number of benzene rings is 1. The van der Waals surface area contributed by atoms with Crippen molar-refractivity contribution in [2.75, 3.05) is 12.4 Å². The maximum atomic E-state index is 12.2. The quantitative estimate of drug-likeness (QED) is 0.805. The second kappa shape index (κ2) is 6.37. The number of nitrogens with one attached hydrogen (secondary N) is 2. The van der Waals surface area contributed by atoms with Gasteiger partial charge in [0.25, 0.3) is 5.91 Å². The molecule has 1 aliphatic carbocycles. The third kappa shape index (κ3) is 3.81. The number of anilines is 1. The Hall–Kier alpha value is -1.39. The largest absolute Gasteiger partial charge is 0.369 e. The molecule has 0 bridgehead atoms. The van der Waals surface area contributed by atoms with Crippen molar-refractivity contribution in [1.82, 2.24) is 5.32 Å². The summed E-state index contributed by atoms with van der Waals surface area (Å²) in [5, 5.41) is 6.40. The second-order valence-corrected chi connectivity index (χ2v) is 5.60. The maximum absolute atomic E-state index is 12.2. The fraction of sp³-hybridized carbons (Fsp3) is 0.562. The van der Waals surface area contributed by atoms with E-state index in [-0.39, 0.29) is 5.91 Å². The maximum Gasteiger partial charge on any atom is 0.256 e. The fourth-order valence-corrected chi connectivity index (χ4v) is 1.97. The number of methoxy groups -OCH3 is 1. The molecule has 1 amide bonds. The van der Waals surface area contributed by atoms with Gasteiger partial charge in [-0.3, -0.25) is 4.79 Å². The Morgan fingerprint density at radius 3 is 2.80 bits per heavy atom. The molecule has 2 rings (SSSR count). The van der Waals surface area contributed by atoms with Crippen LogP contribution in [-0.4, -0.2) is 24.7 Å². The second-order valence-electron chi connectivity index (χ2n) is 5.60. The van der Waals surface area contributed by atoms with Crippen molar-refractivity contribution >= 4 is 11.6 Å². The van der Waals surface area contributed by atoms with Crippen LogP contribution in [0.2, 0.25) is 0 Å². The number of amides is 1. The highest BCUT2D eigenvalue weighted by molar-refractivity contribution is 5.97. The van der Waals surface area contributed by atoms with Crippen molar-refractivity contribution in [3.8, 4) is 0 Å². The van der Waals surface area contributed by atoms with Crippen molar-refractivity contribution in [1.29, 1.82) is 0 Å². The van der Waals surface area contributed by atoms with Gasteiger partial charge in [-0.25, -0.2) is 0 Å². The number of carbonyl (C=O) groups is 1. The van der Waals surface area contributed by atoms with Crippen LogP contribution < -0.4 is 10.6 Å². The Morgan fingerprint density at radius 1 is 1.45 bits per heavy atom. The average molecular weight is 276 g/mol. The summed E-state index contributed by atoms with van der Waals surface area (Å²) >= 11 is 0. The summed E-state index contributed by atoms with van der Waals surface area (Å²) in [6.07, 6.45) is 3.19. The number of ether oxygens (including phenoxy) is 1. The van der Waals surface area contributed by atoms with Gasteiger partial charge in [-0.1, -0.05) is 19.1 Å². The lowest BCUT2D eigenvalue weighted by molar-refractivity contribution is -0.136. The van der Waals surface area contributed by atoms with Crippen molar-refractivity contribution in [2.45, 2.75) is 51.3 Å². The van der Waals surface area contributed by atoms with Crippen LogP contribution in [0.4, 0.5) is 5.69 Å². The summed E-state index contributed by atoms with van der Waals surface area (Å²) in [5.41, 5.74) is 1.23. The van der Waals surface area contributed by atoms with E-state index in [2.05, 4.69) is 16.7 Å². The molecule has 0 aliphatic heterocycles. The molecule has 2 N–H and O–H groups in total. The minimum Gasteiger partial charge on any atom is -0.369 e. The molecule has 1 aromatic carbocycles. The van der Waals surface area contributed by atoms with Crippen molar-refractivity contribution in [3.63, 3.8) is 0 Å².